The molecule has 0 radical (unpaired) electrons. The van der Waals surface area contributed by atoms with Crippen LogP contribution in [0.1, 0.15) is 38.7 Å². The van der Waals surface area contributed by atoms with Crippen LogP contribution >= 0.6 is 0 Å². The number of anilines is 1. The first kappa shape index (κ1) is 16.1. The lowest BCUT2D eigenvalue weighted by Gasteiger charge is -2.37. The molecule has 2 rings (SSSR count). The molecule has 0 amide bonds. The number of rotatable bonds is 4. The molecule has 5 nitrogen and oxygen atoms in total. The molecule has 21 heavy (non-hydrogen) atoms. The van der Waals surface area contributed by atoms with Gasteiger partial charge in [0.1, 0.15) is 5.75 Å². The van der Waals surface area contributed by atoms with E-state index in [-0.39, 0.29) is 11.8 Å². The molecule has 1 atom stereocenters. The number of benzene rings is 1. The van der Waals surface area contributed by atoms with Crippen molar-refractivity contribution in [2.45, 2.75) is 46.1 Å². The number of phenolic OH excluding ortho intramolecular Hbond substituents is 1. The fourth-order valence-corrected chi connectivity index (χ4v) is 4.81. The van der Waals surface area contributed by atoms with Crippen LogP contribution in [-0.4, -0.2) is 37.0 Å². The van der Waals surface area contributed by atoms with Crippen molar-refractivity contribution in [1.29, 1.82) is 0 Å². The largest absolute Gasteiger partial charge is 0.508 e. The molecule has 1 saturated heterocycles. The summed E-state index contributed by atoms with van der Waals surface area (Å²) in [7, 11) is -3.56. The zero-order chi connectivity index (χ0) is 15.6. The monoisotopic (exact) mass is 312 g/mol. The maximum Gasteiger partial charge on any atom is 0.304 e. The highest BCUT2D eigenvalue weighted by molar-refractivity contribution is 7.90. The fourth-order valence-electron chi connectivity index (χ4n) is 2.87. The minimum atomic E-state index is -3.56. The number of nitrogens with zero attached hydrogens (tertiary/aromatic N) is 2. The summed E-state index contributed by atoms with van der Waals surface area (Å²) in [5.41, 5.74) is 1.39. The van der Waals surface area contributed by atoms with Crippen LogP contribution in [0.4, 0.5) is 5.69 Å². The third-order valence-electron chi connectivity index (χ3n) is 4.07. The van der Waals surface area contributed by atoms with Crippen molar-refractivity contribution >= 4 is 15.9 Å². The highest BCUT2D eigenvalue weighted by Gasteiger charge is 2.34. The van der Waals surface area contributed by atoms with E-state index in [4.69, 9.17) is 0 Å². The Morgan fingerprint density at radius 3 is 2.71 bits per heavy atom. The van der Waals surface area contributed by atoms with E-state index in [9.17, 15) is 13.5 Å². The molecule has 0 aliphatic carbocycles. The summed E-state index contributed by atoms with van der Waals surface area (Å²) in [4.78, 5) is 0. The predicted octanol–water partition coefficient (Wildman–Crippen LogP) is 2.65. The zero-order valence-electron chi connectivity index (χ0n) is 12.9. The summed E-state index contributed by atoms with van der Waals surface area (Å²) in [6.45, 7) is 6.54. The molecule has 1 heterocycles. The number of phenols is 1. The van der Waals surface area contributed by atoms with Gasteiger partial charge in [-0.3, -0.25) is 4.31 Å². The second kappa shape index (κ2) is 6.23. The van der Waals surface area contributed by atoms with Gasteiger partial charge in [-0.1, -0.05) is 12.5 Å². The molecule has 1 aliphatic heterocycles. The van der Waals surface area contributed by atoms with Gasteiger partial charge in [-0.05, 0) is 45.2 Å². The van der Waals surface area contributed by atoms with Gasteiger partial charge in [0.05, 0.1) is 5.69 Å². The Hall–Kier alpha value is -1.27. The maximum atomic E-state index is 13.0. The van der Waals surface area contributed by atoms with Gasteiger partial charge in [0, 0.05) is 25.2 Å². The topological polar surface area (TPSA) is 60.9 Å². The van der Waals surface area contributed by atoms with Crippen molar-refractivity contribution in [3.63, 3.8) is 0 Å². The summed E-state index contributed by atoms with van der Waals surface area (Å²) in [6, 6.07) is 4.85. The summed E-state index contributed by atoms with van der Waals surface area (Å²) in [5.74, 6) is 0.0796. The lowest BCUT2D eigenvalue weighted by atomic mass is 10.1. The Balaban J connectivity index is 2.41. The molecule has 1 aromatic carbocycles. The number of piperidine rings is 1. The molecule has 1 fully saturated rings. The predicted molar refractivity (Wildman–Crippen MR) is 84.8 cm³/mol. The molecular weight excluding hydrogens is 288 g/mol. The molecular formula is C15H24N2O3S. The molecule has 1 aliphatic rings. The molecule has 0 bridgehead atoms. The Labute approximate surface area is 127 Å². The molecule has 0 spiro atoms. The van der Waals surface area contributed by atoms with Crippen molar-refractivity contribution in [2.75, 3.05) is 17.4 Å². The first-order chi connectivity index (χ1) is 9.87. The standard InChI is InChI=1S/C15H24N2O3S/c1-4-16(15-11-14(18)9-8-12(15)2)21(19,20)17-10-6-5-7-13(17)3/h8-9,11,13,18H,4-7,10H2,1-3H3. The van der Waals surface area contributed by atoms with Crippen molar-refractivity contribution in [3.05, 3.63) is 23.8 Å². The van der Waals surface area contributed by atoms with Gasteiger partial charge >= 0.3 is 10.2 Å². The summed E-state index contributed by atoms with van der Waals surface area (Å²) in [6.07, 6.45) is 2.88. The first-order valence-electron chi connectivity index (χ1n) is 7.47. The van der Waals surface area contributed by atoms with Crippen molar-refractivity contribution in [1.82, 2.24) is 4.31 Å². The molecule has 6 heteroatoms. The van der Waals surface area contributed by atoms with E-state index in [1.165, 1.54) is 10.4 Å². The maximum absolute atomic E-state index is 13.0. The number of aromatic hydroxyl groups is 1. The Morgan fingerprint density at radius 1 is 1.38 bits per heavy atom. The average Bonchev–Trinajstić information content (AvgIpc) is 2.43. The van der Waals surface area contributed by atoms with Crippen LogP contribution < -0.4 is 4.31 Å². The van der Waals surface area contributed by atoms with Gasteiger partial charge in [0.25, 0.3) is 0 Å². The van der Waals surface area contributed by atoms with Crippen LogP contribution in [-0.2, 0) is 10.2 Å². The second-order valence-electron chi connectivity index (χ2n) is 5.60. The summed E-state index contributed by atoms with van der Waals surface area (Å²) < 4.78 is 28.9. The fraction of sp³-hybridized carbons (Fsp3) is 0.600. The van der Waals surface area contributed by atoms with E-state index in [1.54, 1.807) is 16.4 Å². The quantitative estimate of drug-likeness (QED) is 0.929. The third kappa shape index (κ3) is 3.16. The number of hydrogen-bond acceptors (Lipinski definition) is 3. The third-order valence-corrected chi connectivity index (χ3v) is 6.21. The second-order valence-corrected chi connectivity index (χ2v) is 7.40. The van der Waals surface area contributed by atoms with Crippen LogP contribution in [0.3, 0.4) is 0 Å². The van der Waals surface area contributed by atoms with Crippen LogP contribution in [0, 0.1) is 6.92 Å². The highest BCUT2D eigenvalue weighted by atomic mass is 32.2. The Morgan fingerprint density at radius 2 is 2.10 bits per heavy atom. The van der Waals surface area contributed by atoms with Gasteiger partial charge in [0.2, 0.25) is 0 Å². The molecule has 1 N–H and O–H groups in total. The van der Waals surface area contributed by atoms with E-state index >= 15 is 0 Å². The Bertz CT molecular complexity index is 601. The van der Waals surface area contributed by atoms with Gasteiger partial charge < -0.3 is 5.11 Å². The number of aryl methyl sites for hydroxylation is 1. The average molecular weight is 312 g/mol. The SMILES string of the molecule is CCN(c1cc(O)ccc1C)S(=O)(=O)N1CCCCC1C. The van der Waals surface area contributed by atoms with Gasteiger partial charge in [-0.15, -0.1) is 0 Å². The van der Waals surface area contributed by atoms with Crippen molar-refractivity contribution < 1.29 is 13.5 Å². The minimum absolute atomic E-state index is 0.0235. The lowest BCUT2D eigenvalue weighted by Crippen LogP contribution is -2.50. The van der Waals surface area contributed by atoms with Crippen molar-refractivity contribution in [3.8, 4) is 5.75 Å². The van der Waals surface area contributed by atoms with E-state index in [2.05, 4.69) is 0 Å². The van der Waals surface area contributed by atoms with E-state index in [1.807, 2.05) is 20.8 Å². The Kier molecular flexibility index (Phi) is 4.78. The molecule has 1 unspecified atom stereocenters. The molecule has 0 saturated carbocycles. The van der Waals surface area contributed by atoms with Crippen molar-refractivity contribution in [2.24, 2.45) is 0 Å². The molecule has 118 valence electrons. The highest BCUT2D eigenvalue weighted by Crippen LogP contribution is 2.30. The summed E-state index contributed by atoms with van der Waals surface area (Å²) in [5, 5.41) is 9.67. The number of hydrogen-bond donors (Lipinski definition) is 1. The van der Waals surface area contributed by atoms with Gasteiger partial charge in [-0.25, -0.2) is 0 Å². The van der Waals surface area contributed by atoms with E-state index in [0.717, 1.165) is 24.8 Å². The minimum Gasteiger partial charge on any atom is -0.508 e. The lowest BCUT2D eigenvalue weighted by molar-refractivity contribution is 0.268. The van der Waals surface area contributed by atoms with E-state index < -0.39 is 10.2 Å². The molecule has 0 aromatic heterocycles. The van der Waals surface area contributed by atoms with Crippen LogP contribution in [0.5, 0.6) is 5.75 Å². The smallest absolute Gasteiger partial charge is 0.304 e. The zero-order valence-corrected chi connectivity index (χ0v) is 13.7. The van der Waals surface area contributed by atoms with Crippen LogP contribution in [0.25, 0.3) is 0 Å². The van der Waals surface area contributed by atoms with Gasteiger partial charge in [0.15, 0.2) is 0 Å². The van der Waals surface area contributed by atoms with Gasteiger partial charge in [-0.2, -0.15) is 12.7 Å². The normalized spacial score (nSPS) is 20.4. The van der Waals surface area contributed by atoms with E-state index in [0.29, 0.717) is 18.8 Å². The van der Waals surface area contributed by atoms with Crippen LogP contribution in [0.15, 0.2) is 18.2 Å². The van der Waals surface area contributed by atoms with Crippen LogP contribution in [0.2, 0.25) is 0 Å². The summed E-state index contributed by atoms with van der Waals surface area (Å²) >= 11 is 0. The molecule has 1 aromatic rings. The first-order valence-corrected chi connectivity index (χ1v) is 8.86.